The third-order valence-electron chi connectivity index (χ3n) is 11.1. The molecule has 35 heavy (non-hydrogen) atoms. The minimum atomic E-state index is 0.0546. The van der Waals surface area contributed by atoms with Crippen LogP contribution in [-0.2, 0) is 9.59 Å². The van der Waals surface area contributed by atoms with E-state index in [2.05, 4.69) is 42.7 Å². The lowest BCUT2D eigenvalue weighted by Gasteiger charge is -2.58. The summed E-state index contributed by atoms with van der Waals surface area (Å²) >= 11 is 6.07. The average molecular weight is 495 g/mol. The molecule has 0 spiro atoms. The third-order valence-corrected chi connectivity index (χ3v) is 11.4. The van der Waals surface area contributed by atoms with Crippen LogP contribution in [0.1, 0.15) is 83.1 Å². The Bertz CT molecular complexity index is 1040. The zero-order valence-electron chi connectivity index (χ0n) is 21.1. The molecule has 188 valence electrons. The lowest BCUT2D eigenvalue weighted by atomic mass is 9.48. The van der Waals surface area contributed by atoms with Crippen molar-refractivity contribution in [2.45, 2.75) is 89.6 Å². The largest absolute Gasteiger partial charge is 0.353 e. The number of hydrogen-bond donors (Lipinski definition) is 2. The van der Waals surface area contributed by atoms with E-state index in [9.17, 15) is 9.59 Å². The molecule has 0 radical (unpaired) electrons. The highest BCUT2D eigenvalue weighted by atomic mass is 35.5. The lowest BCUT2D eigenvalue weighted by molar-refractivity contribution is -0.134. The SMILES string of the molecule is C[C@]12CC[C@H]3[C@@H](CCC4NC(=O)C=C[C@@]43C)[C@@H]1CC[C@@H]2C(=O)NC1CCC(c2ccc(Cl)cc2)C1. The fourth-order valence-corrected chi connectivity index (χ4v) is 9.34. The van der Waals surface area contributed by atoms with E-state index in [0.717, 1.165) is 50.0 Å². The van der Waals surface area contributed by atoms with E-state index in [1.807, 2.05) is 12.1 Å². The molecule has 0 bridgehead atoms. The molecule has 1 aliphatic heterocycles. The van der Waals surface area contributed by atoms with Gasteiger partial charge in [-0.2, -0.15) is 0 Å². The van der Waals surface area contributed by atoms with Crippen LogP contribution in [0.5, 0.6) is 0 Å². The summed E-state index contributed by atoms with van der Waals surface area (Å²) < 4.78 is 0. The van der Waals surface area contributed by atoms with Gasteiger partial charge in [-0.05, 0) is 111 Å². The Balaban J connectivity index is 1.13. The molecule has 5 heteroatoms. The smallest absolute Gasteiger partial charge is 0.243 e. The summed E-state index contributed by atoms with van der Waals surface area (Å²) in [6.45, 7) is 4.78. The molecule has 1 heterocycles. The van der Waals surface area contributed by atoms with Crippen molar-refractivity contribution in [1.29, 1.82) is 0 Å². The van der Waals surface area contributed by atoms with Crippen LogP contribution >= 0.6 is 11.6 Å². The molecule has 0 saturated heterocycles. The second-order valence-electron chi connectivity index (χ2n) is 12.7. The van der Waals surface area contributed by atoms with Gasteiger partial charge in [-0.1, -0.05) is 43.7 Å². The molecule has 1 aromatic carbocycles. The maximum absolute atomic E-state index is 13.6. The topological polar surface area (TPSA) is 58.2 Å². The third kappa shape index (κ3) is 3.86. The first-order chi connectivity index (χ1) is 16.8. The maximum Gasteiger partial charge on any atom is 0.243 e. The van der Waals surface area contributed by atoms with Crippen LogP contribution in [0.2, 0.25) is 5.02 Å². The molecule has 2 N–H and O–H groups in total. The number of halogens is 1. The second kappa shape index (κ2) is 8.64. The van der Waals surface area contributed by atoms with Gasteiger partial charge in [0.2, 0.25) is 11.8 Å². The van der Waals surface area contributed by atoms with E-state index < -0.39 is 0 Å². The Morgan fingerprint density at radius 2 is 1.80 bits per heavy atom. The molecule has 2 amide bonds. The maximum atomic E-state index is 13.6. The van der Waals surface area contributed by atoms with Crippen molar-refractivity contribution in [3.63, 3.8) is 0 Å². The summed E-state index contributed by atoms with van der Waals surface area (Å²) in [7, 11) is 0. The number of nitrogens with one attached hydrogen (secondary N) is 2. The molecule has 4 fully saturated rings. The molecular weight excluding hydrogens is 456 g/mol. The molecule has 0 aromatic heterocycles. The van der Waals surface area contributed by atoms with Crippen molar-refractivity contribution in [2.75, 3.05) is 0 Å². The predicted octanol–water partition coefficient (Wildman–Crippen LogP) is 6.01. The van der Waals surface area contributed by atoms with E-state index in [1.165, 1.54) is 18.4 Å². The van der Waals surface area contributed by atoms with Gasteiger partial charge >= 0.3 is 0 Å². The summed E-state index contributed by atoms with van der Waals surface area (Å²) in [5, 5.41) is 7.53. The number of rotatable bonds is 3. The standard InChI is InChI=1S/C30H39ClN2O2/c1-29-15-13-24-22(9-12-26-30(24,2)16-14-27(34)33-26)23(29)10-11-25(29)28(35)32-21-8-5-19(17-21)18-3-6-20(31)7-4-18/h3-4,6-7,14,16,19,21-26H,5,8-13,15,17H2,1-2H3,(H,32,35)(H,33,34)/t19?,21?,22-,23-,24-,25+,26?,29-,30+/m0/s1. The van der Waals surface area contributed by atoms with Gasteiger partial charge in [-0.3, -0.25) is 9.59 Å². The molecule has 6 rings (SSSR count). The van der Waals surface area contributed by atoms with Crippen molar-refractivity contribution in [2.24, 2.45) is 34.5 Å². The van der Waals surface area contributed by atoms with Gasteiger partial charge in [-0.25, -0.2) is 0 Å². The number of benzene rings is 1. The van der Waals surface area contributed by atoms with Crippen molar-refractivity contribution >= 4 is 23.4 Å². The molecule has 3 unspecified atom stereocenters. The summed E-state index contributed by atoms with van der Waals surface area (Å²) in [4.78, 5) is 25.6. The number of carbonyl (C=O) groups excluding carboxylic acids is 2. The number of carbonyl (C=O) groups is 2. The van der Waals surface area contributed by atoms with Crippen molar-refractivity contribution in [3.8, 4) is 0 Å². The number of amides is 2. The number of fused-ring (bicyclic) bond motifs is 5. The Labute approximate surface area is 214 Å². The summed E-state index contributed by atoms with van der Waals surface area (Å²) in [6.07, 6.45) is 13.9. The zero-order valence-corrected chi connectivity index (χ0v) is 21.8. The number of hydrogen-bond acceptors (Lipinski definition) is 2. The summed E-state index contributed by atoms with van der Waals surface area (Å²) in [6, 6.07) is 8.78. The minimum absolute atomic E-state index is 0.0546. The second-order valence-corrected chi connectivity index (χ2v) is 13.1. The summed E-state index contributed by atoms with van der Waals surface area (Å²) in [5.74, 6) is 2.90. The van der Waals surface area contributed by atoms with Crippen LogP contribution in [0.3, 0.4) is 0 Å². The fraction of sp³-hybridized carbons (Fsp3) is 0.667. The monoisotopic (exact) mass is 494 g/mol. The molecular formula is C30H39ClN2O2. The lowest BCUT2D eigenvalue weighted by Crippen LogP contribution is -2.59. The zero-order chi connectivity index (χ0) is 24.4. The Kier molecular flexibility index (Phi) is 5.82. The Hall–Kier alpha value is -1.81. The first kappa shape index (κ1) is 23.6. The predicted molar refractivity (Wildman–Crippen MR) is 139 cm³/mol. The van der Waals surface area contributed by atoms with Gasteiger partial charge in [0.15, 0.2) is 0 Å². The van der Waals surface area contributed by atoms with Crippen LogP contribution in [-0.4, -0.2) is 23.9 Å². The van der Waals surface area contributed by atoms with Gasteiger partial charge in [0.1, 0.15) is 0 Å². The average Bonchev–Trinajstić information content (AvgIpc) is 3.44. The van der Waals surface area contributed by atoms with E-state index in [-0.39, 0.29) is 34.7 Å². The Morgan fingerprint density at radius 1 is 1.00 bits per heavy atom. The van der Waals surface area contributed by atoms with Crippen molar-refractivity contribution in [1.82, 2.24) is 10.6 Å². The molecule has 9 atom stereocenters. The fourth-order valence-electron chi connectivity index (χ4n) is 9.22. The summed E-state index contributed by atoms with van der Waals surface area (Å²) in [5.41, 5.74) is 1.50. The van der Waals surface area contributed by atoms with Gasteiger partial charge in [0.25, 0.3) is 0 Å². The molecule has 4 nitrogen and oxygen atoms in total. The van der Waals surface area contributed by atoms with Crippen LogP contribution < -0.4 is 10.6 Å². The van der Waals surface area contributed by atoms with E-state index >= 15 is 0 Å². The molecule has 5 aliphatic rings. The van der Waals surface area contributed by atoms with Crippen molar-refractivity contribution < 1.29 is 9.59 Å². The van der Waals surface area contributed by atoms with Gasteiger partial charge in [0.05, 0.1) is 0 Å². The van der Waals surface area contributed by atoms with E-state index in [4.69, 9.17) is 11.6 Å². The molecule has 4 aliphatic carbocycles. The normalized spacial score (nSPS) is 44.2. The van der Waals surface area contributed by atoms with Crippen LogP contribution in [0.4, 0.5) is 0 Å². The highest BCUT2D eigenvalue weighted by molar-refractivity contribution is 6.30. The van der Waals surface area contributed by atoms with E-state index in [1.54, 1.807) is 6.08 Å². The highest BCUT2D eigenvalue weighted by Gasteiger charge is 2.61. The van der Waals surface area contributed by atoms with Crippen LogP contribution in [0.15, 0.2) is 36.4 Å². The Morgan fingerprint density at radius 3 is 2.60 bits per heavy atom. The van der Waals surface area contributed by atoms with Gasteiger partial charge in [-0.15, -0.1) is 0 Å². The van der Waals surface area contributed by atoms with Crippen LogP contribution in [0.25, 0.3) is 0 Å². The molecule has 1 aromatic rings. The molecule has 4 saturated carbocycles. The van der Waals surface area contributed by atoms with Crippen LogP contribution in [0, 0.1) is 34.5 Å². The van der Waals surface area contributed by atoms with Gasteiger partial charge in [0, 0.05) is 28.4 Å². The first-order valence-corrected chi connectivity index (χ1v) is 14.2. The minimum Gasteiger partial charge on any atom is -0.353 e. The van der Waals surface area contributed by atoms with E-state index in [0.29, 0.717) is 29.6 Å². The van der Waals surface area contributed by atoms with Crippen molar-refractivity contribution in [3.05, 3.63) is 47.0 Å². The van der Waals surface area contributed by atoms with Gasteiger partial charge < -0.3 is 10.6 Å². The first-order valence-electron chi connectivity index (χ1n) is 13.8. The quantitative estimate of drug-likeness (QED) is 0.541. The highest BCUT2D eigenvalue weighted by Crippen LogP contribution is 2.65.